The Morgan fingerprint density at radius 1 is 1.03 bits per heavy atom. The monoisotopic (exact) mass is 431 g/mol. The van der Waals surface area contributed by atoms with Crippen LogP contribution in [0.3, 0.4) is 0 Å². The molecular weight excluding hydrogens is 402 g/mol. The Hall–Kier alpha value is -2.58. The van der Waals surface area contributed by atoms with Crippen molar-refractivity contribution in [2.75, 3.05) is 42.3 Å². The van der Waals surface area contributed by atoms with Gasteiger partial charge in [-0.25, -0.2) is 13.2 Å². The number of anilines is 2. The number of hydrogen-bond donors (Lipinski definition) is 2. The highest BCUT2D eigenvalue weighted by Crippen LogP contribution is 2.27. The smallest absolute Gasteiger partial charge is 0.337 e. The Labute approximate surface area is 178 Å². The second-order valence-corrected chi connectivity index (χ2v) is 9.14. The van der Waals surface area contributed by atoms with E-state index in [1.165, 1.54) is 6.07 Å². The predicted octanol–water partition coefficient (Wildman–Crippen LogP) is 3.28. The maximum absolute atomic E-state index is 12.8. The van der Waals surface area contributed by atoms with Crippen molar-refractivity contribution in [1.82, 2.24) is 4.90 Å². The number of piperazine rings is 1. The summed E-state index contributed by atoms with van der Waals surface area (Å²) in [6.45, 7) is 8.63. The zero-order valence-corrected chi connectivity index (χ0v) is 18.3. The van der Waals surface area contributed by atoms with Crippen LogP contribution in [0.25, 0.3) is 0 Å². The van der Waals surface area contributed by atoms with Crippen LogP contribution in [0.15, 0.2) is 47.4 Å². The predicted molar refractivity (Wildman–Crippen MR) is 119 cm³/mol. The fourth-order valence-corrected chi connectivity index (χ4v) is 4.72. The van der Waals surface area contributed by atoms with Gasteiger partial charge in [-0.1, -0.05) is 32.4 Å². The van der Waals surface area contributed by atoms with Crippen LogP contribution in [0.4, 0.5) is 11.4 Å². The number of carbonyl (C=O) groups is 1. The standard InChI is InChI=1S/C22H29N3O4S/c1-3-5-17-6-9-19(10-7-17)30(28,29)23-21-11-8-18(16-20(21)22(26)27)25-14-12-24(4-2)13-15-25/h6-11,16,23H,3-5,12-15H2,1-2H3,(H,26,27). The van der Waals surface area contributed by atoms with Crippen LogP contribution in [0.2, 0.25) is 0 Å². The summed E-state index contributed by atoms with van der Waals surface area (Å²) in [5.74, 6) is -1.17. The summed E-state index contributed by atoms with van der Waals surface area (Å²) in [6.07, 6.45) is 1.86. The quantitative estimate of drug-likeness (QED) is 0.667. The normalized spacial score (nSPS) is 15.2. The van der Waals surface area contributed by atoms with Crippen LogP contribution in [0.5, 0.6) is 0 Å². The first-order chi connectivity index (χ1) is 14.3. The van der Waals surface area contributed by atoms with Gasteiger partial charge in [-0.15, -0.1) is 0 Å². The summed E-state index contributed by atoms with van der Waals surface area (Å²) in [7, 11) is -3.88. The van der Waals surface area contributed by atoms with Crippen molar-refractivity contribution in [3.05, 3.63) is 53.6 Å². The third-order valence-electron chi connectivity index (χ3n) is 5.43. The van der Waals surface area contributed by atoms with E-state index < -0.39 is 16.0 Å². The number of aryl methyl sites for hydroxylation is 1. The Kier molecular flexibility index (Phi) is 6.99. The molecule has 0 atom stereocenters. The number of hydrogen-bond acceptors (Lipinski definition) is 5. The lowest BCUT2D eigenvalue weighted by Crippen LogP contribution is -2.46. The zero-order valence-electron chi connectivity index (χ0n) is 17.5. The molecule has 1 aliphatic heterocycles. The highest BCUT2D eigenvalue weighted by atomic mass is 32.2. The van der Waals surface area contributed by atoms with Gasteiger partial charge in [0.25, 0.3) is 10.0 Å². The number of rotatable bonds is 8. The number of nitrogens with one attached hydrogen (secondary N) is 1. The molecule has 2 N–H and O–H groups in total. The molecule has 0 bridgehead atoms. The third kappa shape index (κ3) is 5.12. The van der Waals surface area contributed by atoms with E-state index in [0.717, 1.165) is 56.8 Å². The Bertz CT molecular complexity index is 982. The fraction of sp³-hybridized carbons (Fsp3) is 0.409. The van der Waals surface area contributed by atoms with Gasteiger partial charge in [0.1, 0.15) is 0 Å². The molecule has 1 fully saturated rings. The SMILES string of the molecule is CCCc1ccc(S(=O)(=O)Nc2ccc(N3CCN(CC)CC3)cc2C(=O)O)cc1. The topological polar surface area (TPSA) is 90.0 Å². The van der Waals surface area contributed by atoms with E-state index in [1.807, 2.05) is 0 Å². The molecule has 0 saturated carbocycles. The van der Waals surface area contributed by atoms with Gasteiger partial charge < -0.3 is 14.9 Å². The van der Waals surface area contributed by atoms with E-state index >= 15 is 0 Å². The summed E-state index contributed by atoms with van der Waals surface area (Å²) in [5.41, 5.74) is 1.86. The first kappa shape index (κ1) is 22.1. The second-order valence-electron chi connectivity index (χ2n) is 7.46. The molecule has 0 unspecified atom stereocenters. The Balaban J connectivity index is 1.82. The molecule has 0 spiro atoms. The van der Waals surface area contributed by atoms with Gasteiger partial charge in [-0.05, 0) is 48.9 Å². The van der Waals surface area contributed by atoms with Crippen LogP contribution in [-0.4, -0.2) is 57.1 Å². The maximum Gasteiger partial charge on any atom is 0.337 e. The lowest BCUT2D eigenvalue weighted by molar-refractivity contribution is 0.0698. The number of carboxylic acid groups (broad SMARTS) is 1. The zero-order chi connectivity index (χ0) is 21.7. The van der Waals surface area contributed by atoms with Gasteiger partial charge in [-0.3, -0.25) is 4.72 Å². The van der Waals surface area contributed by atoms with Crippen LogP contribution in [0, 0.1) is 0 Å². The second kappa shape index (κ2) is 9.49. The Morgan fingerprint density at radius 3 is 2.27 bits per heavy atom. The van der Waals surface area contributed by atoms with Gasteiger partial charge >= 0.3 is 5.97 Å². The first-order valence-electron chi connectivity index (χ1n) is 10.3. The number of nitrogens with zero attached hydrogens (tertiary/aromatic N) is 2. The Morgan fingerprint density at radius 2 is 1.70 bits per heavy atom. The molecule has 30 heavy (non-hydrogen) atoms. The molecule has 8 heteroatoms. The lowest BCUT2D eigenvalue weighted by Gasteiger charge is -2.35. The summed E-state index contributed by atoms with van der Waals surface area (Å²) in [6, 6.07) is 11.5. The van der Waals surface area contributed by atoms with E-state index in [9.17, 15) is 18.3 Å². The van der Waals surface area contributed by atoms with E-state index in [4.69, 9.17) is 0 Å². The van der Waals surface area contributed by atoms with Crippen LogP contribution >= 0.6 is 0 Å². The maximum atomic E-state index is 12.8. The molecule has 3 rings (SSSR count). The molecule has 2 aromatic rings. The largest absolute Gasteiger partial charge is 0.478 e. The summed E-state index contributed by atoms with van der Waals surface area (Å²) < 4.78 is 28.0. The molecule has 0 radical (unpaired) electrons. The molecular formula is C22H29N3O4S. The fourth-order valence-electron chi connectivity index (χ4n) is 3.64. The summed E-state index contributed by atoms with van der Waals surface area (Å²) >= 11 is 0. The molecule has 0 aliphatic carbocycles. The molecule has 2 aromatic carbocycles. The van der Waals surface area contributed by atoms with Crippen LogP contribution < -0.4 is 9.62 Å². The van der Waals surface area contributed by atoms with Crippen LogP contribution in [-0.2, 0) is 16.4 Å². The minimum absolute atomic E-state index is 0.0587. The minimum Gasteiger partial charge on any atom is -0.478 e. The number of likely N-dealkylation sites (N-methyl/N-ethyl adjacent to an activating group) is 1. The number of benzene rings is 2. The molecule has 1 aliphatic rings. The van der Waals surface area contributed by atoms with Crippen LogP contribution in [0.1, 0.15) is 36.2 Å². The van der Waals surface area contributed by atoms with Gasteiger partial charge in [-0.2, -0.15) is 0 Å². The van der Waals surface area contributed by atoms with Crippen molar-refractivity contribution in [3.63, 3.8) is 0 Å². The number of sulfonamides is 1. The highest BCUT2D eigenvalue weighted by Gasteiger charge is 2.22. The van der Waals surface area contributed by atoms with Crippen molar-refractivity contribution >= 4 is 27.4 Å². The summed E-state index contributed by atoms with van der Waals surface area (Å²) in [4.78, 5) is 16.4. The molecule has 0 amide bonds. The average Bonchev–Trinajstić information content (AvgIpc) is 2.74. The number of carboxylic acids is 1. The average molecular weight is 432 g/mol. The van der Waals surface area contributed by atoms with Gasteiger partial charge in [0, 0.05) is 31.9 Å². The van der Waals surface area contributed by atoms with E-state index in [2.05, 4.69) is 28.4 Å². The van der Waals surface area contributed by atoms with Crippen molar-refractivity contribution in [3.8, 4) is 0 Å². The van der Waals surface area contributed by atoms with Crippen molar-refractivity contribution in [2.24, 2.45) is 0 Å². The van der Waals surface area contributed by atoms with Crippen molar-refractivity contribution < 1.29 is 18.3 Å². The van der Waals surface area contributed by atoms with Crippen molar-refractivity contribution in [2.45, 2.75) is 31.6 Å². The molecule has 1 saturated heterocycles. The van der Waals surface area contributed by atoms with E-state index in [1.54, 1.807) is 36.4 Å². The van der Waals surface area contributed by atoms with Gasteiger partial charge in [0.2, 0.25) is 0 Å². The highest BCUT2D eigenvalue weighted by molar-refractivity contribution is 7.92. The van der Waals surface area contributed by atoms with Crippen molar-refractivity contribution in [1.29, 1.82) is 0 Å². The molecule has 162 valence electrons. The number of aromatic carboxylic acids is 1. The van der Waals surface area contributed by atoms with Gasteiger partial charge in [0.05, 0.1) is 16.1 Å². The first-order valence-corrected chi connectivity index (χ1v) is 11.8. The van der Waals surface area contributed by atoms with E-state index in [0.29, 0.717) is 0 Å². The minimum atomic E-state index is -3.88. The third-order valence-corrected chi connectivity index (χ3v) is 6.82. The lowest BCUT2D eigenvalue weighted by atomic mass is 10.1. The molecule has 1 heterocycles. The molecule has 0 aromatic heterocycles. The van der Waals surface area contributed by atoms with Gasteiger partial charge in [0.15, 0.2) is 0 Å². The summed E-state index contributed by atoms with van der Waals surface area (Å²) in [5, 5.41) is 9.67. The molecule has 7 nitrogen and oxygen atoms in total. The van der Waals surface area contributed by atoms with E-state index in [-0.39, 0.29) is 16.1 Å².